The number of nitrogens with zero attached hydrogens (tertiary/aromatic N) is 3. The molecule has 1 aliphatic rings. The van der Waals surface area contributed by atoms with Gasteiger partial charge in [-0.1, -0.05) is 12.8 Å². The van der Waals surface area contributed by atoms with E-state index in [0.717, 1.165) is 35.4 Å². The number of hydrogen-bond acceptors (Lipinski definition) is 6. The Kier molecular flexibility index (Phi) is 7.47. The number of ether oxygens (including phenoxy) is 3. The van der Waals surface area contributed by atoms with Crippen LogP contribution in [-0.4, -0.2) is 42.0 Å². The molecule has 1 fully saturated rings. The van der Waals surface area contributed by atoms with E-state index in [1.54, 1.807) is 51.9 Å². The molecule has 1 saturated carbocycles. The van der Waals surface area contributed by atoms with Crippen molar-refractivity contribution >= 4 is 12.0 Å². The number of nitrogens with one attached hydrogen (secondary N) is 1. The highest BCUT2D eigenvalue weighted by molar-refractivity contribution is 5.91. The third kappa shape index (κ3) is 5.22. The van der Waals surface area contributed by atoms with E-state index >= 15 is 0 Å². The van der Waals surface area contributed by atoms with E-state index in [4.69, 9.17) is 19.3 Å². The van der Waals surface area contributed by atoms with Crippen LogP contribution in [0.4, 0.5) is 0 Å². The molecule has 0 saturated heterocycles. The van der Waals surface area contributed by atoms with Crippen LogP contribution in [-0.2, 0) is 11.3 Å². The average Bonchev–Trinajstić information content (AvgIpc) is 3.56. The van der Waals surface area contributed by atoms with Crippen LogP contribution in [0.5, 0.6) is 17.2 Å². The molecule has 1 amide bonds. The molecule has 8 nitrogen and oxygen atoms in total. The molecule has 1 N–H and O–H groups in total. The van der Waals surface area contributed by atoms with Gasteiger partial charge in [0.1, 0.15) is 0 Å². The fourth-order valence-electron chi connectivity index (χ4n) is 4.30. The number of rotatable bonds is 9. The number of carbonyl (C=O) groups is 1. The summed E-state index contributed by atoms with van der Waals surface area (Å²) in [5.41, 5.74) is 3.73. The molecule has 3 aromatic rings. The fourth-order valence-corrected chi connectivity index (χ4v) is 4.30. The third-order valence-electron chi connectivity index (χ3n) is 5.99. The molecule has 2 heterocycles. The van der Waals surface area contributed by atoms with E-state index in [1.807, 2.05) is 12.1 Å². The third-order valence-corrected chi connectivity index (χ3v) is 5.99. The van der Waals surface area contributed by atoms with E-state index in [0.29, 0.717) is 29.8 Å². The number of carbonyl (C=O) groups excluding carboxylic acids is 1. The van der Waals surface area contributed by atoms with Crippen molar-refractivity contribution in [3.05, 3.63) is 60.1 Å². The second kappa shape index (κ2) is 10.9. The minimum Gasteiger partial charge on any atom is -0.493 e. The summed E-state index contributed by atoms with van der Waals surface area (Å²) in [6.07, 6.45) is 11.5. The lowest BCUT2D eigenvalue weighted by atomic mass is 10.1. The average molecular weight is 463 g/mol. The Morgan fingerprint density at radius 3 is 2.35 bits per heavy atom. The highest BCUT2D eigenvalue weighted by Gasteiger charge is 2.22. The smallest absolute Gasteiger partial charge is 0.244 e. The Labute approximate surface area is 199 Å². The van der Waals surface area contributed by atoms with Gasteiger partial charge in [-0.15, -0.1) is 0 Å². The lowest BCUT2D eigenvalue weighted by Gasteiger charge is -2.14. The number of benzene rings is 1. The Morgan fingerprint density at radius 1 is 1.06 bits per heavy atom. The molecule has 0 atom stereocenters. The summed E-state index contributed by atoms with van der Waals surface area (Å²) in [6, 6.07) is 10.0. The predicted octanol–water partition coefficient (Wildman–Crippen LogP) is 4.42. The highest BCUT2D eigenvalue weighted by Crippen LogP contribution is 2.38. The van der Waals surface area contributed by atoms with Gasteiger partial charge in [-0.2, -0.15) is 5.10 Å². The first-order chi connectivity index (χ1) is 16.6. The highest BCUT2D eigenvalue weighted by atomic mass is 16.5. The minimum absolute atomic E-state index is 0.213. The zero-order valence-corrected chi connectivity index (χ0v) is 19.8. The normalized spacial score (nSPS) is 13.9. The first kappa shape index (κ1) is 23.4. The standard InChI is InChI=1S/C26H30N4O4/c1-32-23-14-18(15-24(33-2)26(23)34-3)8-9-25(31)28-17-20-16-22(19-10-12-27-13-11-19)30(29-20)21-6-4-5-7-21/h8-16,21H,4-7,17H2,1-3H3,(H,28,31)/b9-8+. The molecule has 0 spiro atoms. The summed E-state index contributed by atoms with van der Waals surface area (Å²) in [6.45, 7) is 0.343. The molecule has 0 bridgehead atoms. The number of methoxy groups -OCH3 is 3. The summed E-state index contributed by atoms with van der Waals surface area (Å²) >= 11 is 0. The molecule has 1 aromatic carbocycles. The molecule has 8 heteroatoms. The fraction of sp³-hybridized carbons (Fsp3) is 0.346. The number of hydrogen-bond donors (Lipinski definition) is 1. The van der Waals surface area contributed by atoms with Gasteiger partial charge in [0, 0.05) is 24.0 Å². The largest absolute Gasteiger partial charge is 0.493 e. The quantitative estimate of drug-likeness (QED) is 0.474. The Morgan fingerprint density at radius 2 is 1.74 bits per heavy atom. The Hall–Kier alpha value is -3.81. The summed E-state index contributed by atoms with van der Waals surface area (Å²) in [5, 5.41) is 7.76. The molecule has 1 aliphatic carbocycles. The zero-order valence-electron chi connectivity index (χ0n) is 19.8. The minimum atomic E-state index is -0.213. The van der Waals surface area contributed by atoms with Crippen LogP contribution >= 0.6 is 0 Å². The van der Waals surface area contributed by atoms with Crippen molar-refractivity contribution in [3.8, 4) is 28.5 Å². The first-order valence-electron chi connectivity index (χ1n) is 11.4. The van der Waals surface area contributed by atoms with Gasteiger partial charge >= 0.3 is 0 Å². The van der Waals surface area contributed by atoms with Crippen LogP contribution in [0, 0.1) is 0 Å². The van der Waals surface area contributed by atoms with E-state index in [1.165, 1.54) is 18.9 Å². The number of pyridine rings is 1. The van der Waals surface area contributed by atoms with E-state index in [-0.39, 0.29) is 5.91 Å². The van der Waals surface area contributed by atoms with Crippen LogP contribution in [0.25, 0.3) is 17.3 Å². The Balaban J connectivity index is 1.46. The van der Waals surface area contributed by atoms with Crippen LogP contribution in [0.1, 0.15) is 43.0 Å². The van der Waals surface area contributed by atoms with Gasteiger partial charge in [-0.05, 0) is 54.8 Å². The van der Waals surface area contributed by atoms with Crippen molar-refractivity contribution < 1.29 is 19.0 Å². The zero-order chi connectivity index (χ0) is 23.9. The second-order valence-electron chi connectivity index (χ2n) is 8.15. The molecular weight excluding hydrogens is 432 g/mol. The van der Waals surface area contributed by atoms with Gasteiger partial charge in [0.25, 0.3) is 0 Å². The van der Waals surface area contributed by atoms with Crippen molar-refractivity contribution in [3.63, 3.8) is 0 Å². The van der Waals surface area contributed by atoms with Crippen molar-refractivity contribution in [2.24, 2.45) is 0 Å². The maximum Gasteiger partial charge on any atom is 0.244 e. The van der Waals surface area contributed by atoms with Crippen molar-refractivity contribution in [1.82, 2.24) is 20.1 Å². The molecule has 0 radical (unpaired) electrons. The topological polar surface area (TPSA) is 87.5 Å². The molecule has 34 heavy (non-hydrogen) atoms. The summed E-state index contributed by atoms with van der Waals surface area (Å²) < 4.78 is 18.2. The van der Waals surface area contributed by atoms with Gasteiger partial charge in [-0.25, -0.2) is 0 Å². The maximum absolute atomic E-state index is 12.5. The van der Waals surface area contributed by atoms with Gasteiger partial charge < -0.3 is 19.5 Å². The van der Waals surface area contributed by atoms with Gasteiger partial charge in [0.05, 0.1) is 45.3 Å². The van der Waals surface area contributed by atoms with Crippen LogP contribution < -0.4 is 19.5 Å². The van der Waals surface area contributed by atoms with Gasteiger partial charge in [0.2, 0.25) is 11.7 Å². The lowest BCUT2D eigenvalue weighted by Crippen LogP contribution is -2.20. The van der Waals surface area contributed by atoms with Crippen molar-refractivity contribution in [2.45, 2.75) is 38.3 Å². The molecule has 4 rings (SSSR count). The van der Waals surface area contributed by atoms with Crippen LogP contribution in [0.3, 0.4) is 0 Å². The van der Waals surface area contributed by atoms with E-state index in [2.05, 4.69) is 21.0 Å². The molecular formula is C26H30N4O4. The second-order valence-corrected chi connectivity index (χ2v) is 8.15. The molecule has 0 aliphatic heterocycles. The van der Waals surface area contributed by atoms with Crippen molar-refractivity contribution in [2.75, 3.05) is 21.3 Å². The number of amides is 1. The van der Waals surface area contributed by atoms with Gasteiger partial charge in [0.15, 0.2) is 11.5 Å². The summed E-state index contributed by atoms with van der Waals surface area (Å²) in [7, 11) is 4.67. The monoisotopic (exact) mass is 462 g/mol. The SMILES string of the molecule is COc1cc(/C=C/C(=O)NCc2cc(-c3ccncc3)n(C3CCCC3)n2)cc(OC)c1OC. The van der Waals surface area contributed by atoms with Crippen molar-refractivity contribution in [1.29, 1.82) is 0 Å². The van der Waals surface area contributed by atoms with Crippen LogP contribution in [0.15, 0.2) is 48.8 Å². The summed E-state index contributed by atoms with van der Waals surface area (Å²) in [5.74, 6) is 1.36. The summed E-state index contributed by atoms with van der Waals surface area (Å²) in [4.78, 5) is 16.6. The van der Waals surface area contributed by atoms with E-state index < -0.39 is 0 Å². The van der Waals surface area contributed by atoms with Gasteiger partial charge in [-0.3, -0.25) is 14.5 Å². The molecule has 2 aromatic heterocycles. The first-order valence-corrected chi connectivity index (χ1v) is 11.4. The lowest BCUT2D eigenvalue weighted by molar-refractivity contribution is -0.116. The molecule has 178 valence electrons. The number of aromatic nitrogens is 3. The Bertz CT molecular complexity index is 1130. The van der Waals surface area contributed by atoms with E-state index in [9.17, 15) is 4.79 Å². The molecule has 0 unspecified atom stereocenters. The predicted molar refractivity (Wildman–Crippen MR) is 130 cm³/mol. The maximum atomic E-state index is 12.5. The van der Waals surface area contributed by atoms with Crippen LogP contribution in [0.2, 0.25) is 0 Å².